The molecule has 9 unspecified atom stereocenters. The molecule has 1 rings (SSSR count). The first-order valence-electron chi connectivity index (χ1n) is 26.7. The van der Waals surface area contributed by atoms with Gasteiger partial charge in [-0.05, 0) is 64.2 Å². The maximum absolute atomic E-state index is 13.1. The minimum absolute atomic E-state index is 0.248. The Morgan fingerprint density at radius 3 is 1.34 bits per heavy atom. The third kappa shape index (κ3) is 31.5. The number of allylic oxidation sites excluding steroid dienone is 4. The first-order valence-corrected chi connectivity index (χ1v) is 26.7. The Hall–Kier alpha value is -1.41. The third-order valence-corrected chi connectivity index (χ3v) is 13.0. The molecule has 0 saturated carbocycles. The highest BCUT2D eigenvalue weighted by molar-refractivity contribution is 5.80. The van der Waals surface area contributed by atoms with Crippen molar-refractivity contribution in [1.82, 2.24) is 5.32 Å². The zero-order valence-electron chi connectivity index (χ0n) is 41.0. The molecule has 1 aliphatic heterocycles. The van der Waals surface area contributed by atoms with Crippen LogP contribution in [0.2, 0.25) is 0 Å². The molecule has 0 aromatic rings. The number of aliphatic hydroxyl groups is 7. The van der Waals surface area contributed by atoms with Crippen molar-refractivity contribution in [2.24, 2.45) is 0 Å². The van der Waals surface area contributed by atoms with Crippen molar-refractivity contribution in [3.63, 3.8) is 0 Å². The van der Waals surface area contributed by atoms with Gasteiger partial charge in [0.1, 0.15) is 36.6 Å². The van der Waals surface area contributed by atoms with E-state index in [4.69, 9.17) is 9.47 Å². The van der Waals surface area contributed by atoms with E-state index in [2.05, 4.69) is 43.5 Å². The summed E-state index contributed by atoms with van der Waals surface area (Å²) in [5.74, 6) is -0.709. The summed E-state index contributed by atoms with van der Waals surface area (Å²) in [6, 6.07) is -1.19. The van der Waals surface area contributed by atoms with Gasteiger partial charge in [-0.2, -0.15) is 0 Å². The maximum Gasteiger partial charge on any atom is 0.249 e. The standard InChI is InChI=1S/C53H101NO10/c1-3-5-7-9-11-13-15-17-19-21-22-23-24-25-27-29-31-33-35-37-39-41-46(57)52(62)54-44(43-63-53-51(61)50(60)49(59)47(42-55)64-53)48(58)45(56)40-38-36-34-32-30-28-26-20-18-16-14-12-10-8-6-4-2/h24-25,32,34,44-51,53,55-61H,3-23,26-31,33,35-43H2,1-2H3,(H,54,62)/b25-24-,34-32+. The molecule has 0 aromatic heterocycles. The van der Waals surface area contributed by atoms with Crippen molar-refractivity contribution >= 4 is 5.91 Å². The van der Waals surface area contributed by atoms with Gasteiger partial charge >= 0.3 is 0 Å². The Balaban J connectivity index is 2.38. The van der Waals surface area contributed by atoms with Crippen LogP contribution in [0, 0.1) is 0 Å². The van der Waals surface area contributed by atoms with E-state index in [0.717, 1.165) is 57.8 Å². The summed E-state index contributed by atoms with van der Waals surface area (Å²) in [7, 11) is 0. The van der Waals surface area contributed by atoms with Gasteiger partial charge in [-0.1, -0.05) is 199 Å². The van der Waals surface area contributed by atoms with Crippen LogP contribution in [-0.2, 0) is 14.3 Å². The van der Waals surface area contributed by atoms with Crippen LogP contribution in [0.5, 0.6) is 0 Å². The molecule has 0 aromatic carbocycles. The van der Waals surface area contributed by atoms with E-state index in [0.29, 0.717) is 12.8 Å². The van der Waals surface area contributed by atoms with E-state index < -0.39 is 74.2 Å². The molecule has 0 bridgehead atoms. The van der Waals surface area contributed by atoms with Crippen LogP contribution in [0.3, 0.4) is 0 Å². The summed E-state index contributed by atoms with van der Waals surface area (Å²) in [5.41, 5.74) is 0. The molecule has 9 atom stereocenters. The number of nitrogens with one attached hydrogen (secondary N) is 1. The Labute approximate surface area is 391 Å². The van der Waals surface area contributed by atoms with E-state index in [9.17, 15) is 40.5 Å². The van der Waals surface area contributed by atoms with Crippen LogP contribution < -0.4 is 5.32 Å². The van der Waals surface area contributed by atoms with Crippen molar-refractivity contribution < 1.29 is 50.0 Å². The van der Waals surface area contributed by atoms with Crippen LogP contribution in [0.15, 0.2) is 24.3 Å². The number of carbonyl (C=O) groups is 1. The predicted octanol–water partition coefficient (Wildman–Crippen LogP) is 10.2. The lowest BCUT2D eigenvalue weighted by molar-refractivity contribution is -0.303. The van der Waals surface area contributed by atoms with Gasteiger partial charge in [0.05, 0.1) is 25.4 Å². The van der Waals surface area contributed by atoms with Crippen molar-refractivity contribution in [2.45, 2.75) is 294 Å². The molecule has 64 heavy (non-hydrogen) atoms. The fourth-order valence-electron chi connectivity index (χ4n) is 8.55. The molecule has 0 spiro atoms. The van der Waals surface area contributed by atoms with Crippen LogP contribution in [0.4, 0.5) is 0 Å². The van der Waals surface area contributed by atoms with Gasteiger partial charge in [-0.15, -0.1) is 0 Å². The highest BCUT2D eigenvalue weighted by atomic mass is 16.7. The number of hydrogen-bond acceptors (Lipinski definition) is 10. The van der Waals surface area contributed by atoms with Crippen molar-refractivity contribution in [3.8, 4) is 0 Å². The average molecular weight is 912 g/mol. The highest BCUT2D eigenvalue weighted by Gasteiger charge is 2.44. The molecule has 1 saturated heterocycles. The lowest BCUT2D eigenvalue weighted by Crippen LogP contribution is -2.60. The Bertz CT molecular complexity index is 1090. The van der Waals surface area contributed by atoms with Gasteiger partial charge in [-0.25, -0.2) is 0 Å². The molecular weight excluding hydrogens is 811 g/mol. The molecular formula is C53H101NO10. The SMILES string of the molecule is CCCCCCCCCCCCC/C=C\CCCCCCCCC(O)C(=O)NC(COC1OC(CO)C(O)C(O)C1O)C(O)C(O)CCC/C=C/CCCCCCCCCCCCC. The third-order valence-electron chi connectivity index (χ3n) is 13.0. The van der Waals surface area contributed by atoms with Crippen LogP contribution in [-0.4, -0.2) is 110 Å². The summed E-state index contributed by atoms with van der Waals surface area (Å²) in [6.07, 6.45) is 38.0. The maximum atomic E-state index is 13.1. The first kappa shape index (κ1) is 60.6. The number of unbranched alkanes of at least 4 members (excludes halogenated alkanes) is 29. The summed E-state index contributed by atoms with van der Waals surface area (Å²) < 4.78 is 11.1. The smallest absolute Gasteiger partial charge is 0.249 e. The Morgan fingerprint density at radius 2 is 0.922 bits per heavy atom. The van der Waals surface area contributed by atoms with E-state index in [1.807, 2.05) is 0 Å². The summed E-state index contributed by atoms with van der Waals surface area (Å²) >= 11 is 0. The fourth-order valence-corrected chi connectivity index (χ4v) is 8.55. The molecule has 1 fully saturated rings. The van der Waals surface area contributed by atoms with Crippen LogP contribution >= 0.6 is 0 Å². The second kappa shape index (κ2) is 42.9. The van der Waals surface area contributed by atoms with Gasteiger partial charge in [0.2, 0.25) is 5.91 Å². The van der Waals surface area contributed by atoms with Gasteiger partial charge in [0.15, 0.2) is 6.29 Å². The summed E-state index contributed by atoms with van der Waals surface area (Å²) in [4.78, 5) is 13.1. The molecule has 11 heteroatoms. The second-order valence-corrected chi connectivity index (χ2v) is 18.9. The number of rotatable bonds is 45. The monoisotopic (exact) mass is 912 g/mol. The molecule has 0 aliphatic carbocycles. The first-order chi connectivity index (χ1) is 31.2. The van der Waals surface area contributed by atoms with Crippen LogP contribution in [0.25, 0.3) is 0 Å². The average Bonchev–Trinajstić information content (AvgIpc) is 3.29. The zero-order valence-corrected chi connectivity index (χ0v) is 41.0. The number of aliphatic hydroxyl groups excluding tert-OH is 7. The van der Waals surface area contributed by atoms with Crippen molar-refractivity contribution in [3.05, 3.63) is 24.3 Å². The van der Waals surface area contributed by atoms with E-state index >= 15 is 0 Å². The van der Waals surface area contributed by atoms with Crippen molar-refractivity contribution in [2.75, 3.05) is 13.2 Å². The molecule has 378 valence electrons. The minimum Gasteiger partial charge on any atom is -0.394 e. The van der Waals surface area contributed by atoms with E-state index in [1.165, 1.54) is 141 Å². The summed E-state index contributed by atoms with van der Waals surface area (Å²) in [6.45, 7) is 3.45. The quantitative estimate of drug-likeness (QED) is 0.0216. The lowest BCUT2D eigenvalue weighted by atomic mass is 9.98. The predicted molar refractivity (Wildman–Crippen MR) is 261 cm³/mol. The molecule has 1 heterocycles. The van der Waals surface area contributed by atoms with Crippen LogP contribution in [0.1, 0.15) is 239 Å². The topological polar surface area (TPSA) is 189 Å². The lowest BCUT2D eigenvalue weighted by Gasteiger charge is -2.40. The normalized spacial score (nSPS) is 21.2. The number of carbonyl (C=O) groups excluding carboxylic acids is 1. The zero-order chi connectivity index (χ0) is 46.9. The Morgan fingerprint density at radius 1 is 0.531 bits per heavy atom. The largest absolute Gasteiger partial charge is 0.394 e. The number of ether oxygens (including phenoxy) is 2. The highest BCUT2D eigenvalue weighted by Crippen LogP contribution is 2.23. The van der Waals surface area contributed by atoms with Gasteiger partial charge in [0.25, 0.3) is 0 Å². The minimum atomic E-state index is -1.67. The van der Waals surface area contributed by atoms with Gasteiger partial charge in [-0.3, -0.25) is 4.79 Å². The molecule has 8 N–H and O–H groups in total. The summed E-state index contributed by atoms with van der Waals surface area (Å²) in [5, 5.41) is 75.9. The molecule has 1 amide bonds. The molecule has 1 aliphatic rings. The molecule has 0 radical (unpaired) electrons. The second-order valence-electron chi connectivity index (χ2n) is 18.9. The Kier molecular flexibility index (Phi) is 40.6. The van der Waals surface area contributed by atoms with E-state index in [-0.39, 0.29) is 12.8 Å². The fraction of sp³-hybridized carbons (Fsp3) is 0.906. The van der Waals surface area contributed by atoms with Gasteiger partial charge < -0.3 is 50.5 Å². The molecule has 11 nitrogen and oxygen atoms in total. The van der Waals surface area contributed by atoms with Gasteiger partial charge in [0, 0.05) is 0 Å². The van der Waals surface area contributed by atoms with Crippen molar-refractivity contribution in [1.29, 1.82) is 0 Å². The number of amides is 1. The number of hydrogen-bond donors (Lipinski definition) is 8. The van der Waals surface area contributed by atoms with E-state index in [1.54, 1.807) is 0 Å².